The molecule has 7 rings (SSSR count). The molecule has 2 aliphatic heterocycles. The number of amides is 1. The Kier molecular flexibility index (Phi) is 9.54. The van der Waals surface area contributed by atoms with Crippen LogP contribution in [0, 0.1) is 11.6 Å². The third-order valence-corrected chi connectivity index (χ3v) is 10.9. The van der Waals surface area contributed by atoms with Crippen molar-refractivity contribution in [2.75, 3.05) is 56.6 Å². The largest absolute Gasteiger partial charge is 0.489 e. The van der Waals surface area contributed by atoms with E-state index >= 15 is 8.78 Å². The average Bonchev–Trinajstić information content (AvgIpc) is 3.74. The van der Waals surface area contributed by atoms with Crippen LogP contribution in [-0.4, -0.2) is 89.2 Å². The van der Waals surface area contributed by atoms with E-state index in [2.05, 4.69) is 25.1 Å². The van der Waals surface area contributed by atoms with Crippen molar-refractivity contribution < 1.29 is 28.2 Å². The molecular weight excluding hydrogens is 671 g/mol. The Bertz CT molecular complexity index is 1980. The Morgan fingerprint density at radius 1 is 1.04 bits per heavy atom. The molecular formula is C35H34F2N6O4S2. The highest BCUT2D eigenvalue weighted by Gasteiger charge is 2.30. The fourth-order valence-electron chi connectivity index (χ4n) is 6.42. The SMILES string of the molecule is CN1CCN(c2cc(F)c(OCC(Cc3scnc3C(=O)O)N3CCc4cccc(C(=O)Nc5nc6ccccc6s5)c4C3)cc2F)CC1. The first kappa shape index (κ1) is 33.0. The monoisotopic (exact) mass is 704 g/mol. The van der Waals surface area contributed by atoms with Crippen LogP contribution < -0.4 is 15.0 Å². The highest BCUT2D eigenvalue weighted by atomic mass is 32.1. The summed E-state index contributed by atoms with van der Waals surface area (Å²) in [7, 11) is 1.99. The van der Waals surface area contributed by atoms with Crippen molar-refractivity contribution in [3.05, 3.63) is 99.0 Å². The number of carbonyl (C=O) groups is 2. The number of carboxylic acid groups (broad SMARTS) is 1. The van der Waals surface area contributed by atoms with Crippen LogP contribution in [0.3, 0.4) is 0 Å². The molecule has 1 fully saturated rings. The molecule has 2 aromatic heterocycles. The number of hydrogen-bond donors (Lipinski definition) is 2. The summed E-state index contributed by atoms with van der Waals surface area (Å²) in [6, 6.07) is 15.1. The van der Waals surface area contributed by atoms with Crippen LogP contribution in [0.1, 0.15) is 36.9 Å². The molecule has 2 aliphatic rings. The van der Waals surface area contributed by atoms with E-state index in [1.165, 1.54) is 34.3 Å². The van der Waals surface area contributed by atoms with Gasteiger partial charge in [-0.2, -0.15) is 0 Å². The van der Waals surface area contributed by atoms with E-state index in [4.69, 9.17) is 4.74 Å². The zero-order chi connectivity index (χ0) is 34.1. The summed E-state index contributed by atoms with van der Waals surface area (Å²) in [6.45, 7) is 3.59. The van der Waals surface area contributed by atoms with Gasteiger partial charge in [0, 0.05) is 74.3 Å². The Hall–Kier alpha value is -4.50. The predicted octanol–water partition coefficient (Wildman–Crippen LogP) is 5.78. The average molecular weight is 705 g/mol. The first-order chi connectivity index (χ1) is 23.7. The fourth-order valence-corrected chi connectivity index (χ4v) is 8.10. The van der Waals surface area contributed by atoms with Gasteiger partial charge in [-0.15, -0.1) is 11.3 Å². The number of halogens is 2. The van der Waals surface area contributed by atoms with Crippen LogP contribution >= 0.6 is 22.7 Å². The number of hydrogen-bond acceptors (Lipinski definition) is 10. The minimum Gasteiger partial charge on any atom is -0.489 e. The lowest BCUT2D eigenvalue weighted by atomic mass is 9.93. The number of rotatable bonds is 10. The molecule has 2 N–H and O–H groups in total. The molecule has 0 bridgehead atoms. The molecule has 1 atom stereocenters. The second-order valence-electron chi connectivity index (χ2n) is 12.2. The number of para-hydroxylation sites is 1. The molecule has 0 saturated carbocycles. The van der Waals surface area contributed by atoms with Crippen molar-refractivity contribution in [3.8, 4) is 5.75 Å². The molecule has 14 heteroatoms. The smallest absolute Gasteiger partial charge is 0.355 e. The Labute approximate surface area is 289 Å². The van der Waals surface area contributed by atoms with Crippen LogP contribution in [0.2, 0.25) is 0 Å². The van der Waals surface area contributed by atoms with E-state index in [1.54, 1.807) is 6.07 Å². The molecule has 4 heterocycles. The van der Waals surface area contributed by atoms with Crippen LogP contribution in [0.5, 0.6) is 5.75 Å². The number of fused-ring (bicyclic) bond motifs is 2. The van der Waals surface area contributed by atoms with Gasteiger partial charge in [0.05, 0.1) is 21.4 Å². The predicted molar refractivity (Wildman–Crippen MR) is 186 cm³/mol. The van der Waals surface area contributed by atoms with E-state index in [1.807, 2.05) is 48.3 Å². The van der Waals surface area contributed by atoms with Crippen LogP contribution in [0.15, 0.2) is 60.1 Å². The van der Waals surface area contributed by atoms with E-state index in [0.29, 0.717) is 48.2 Å². The summed E-state index contributed by atoms with van der Waals surface area (Å²) in [5, 5.41) is 13.2. The molecule has 254 valence electrons. The van der Waals surface area contributed by atoms with Crippen molar-refractivity contribution in [2.45, 2.75) is 25.4 Å². The summed E-state index contributed by atoms with van der Waals surface area (Å²) in [5.74, 6) is -2.86. The van der Waals surface area contributed by atoms with Gasteiger partial charge in [0.2, 0.25) is 0 Å². The number of thiazole rings is 2. The van der Waals surface area contributed by atoms with Gasteiger partial charge in [-0.1, -0.05) is 35.6 Å². The maximum absolute atomic E-state index is 15.4. The maximum Gasteiger partial charge on any atom is 0.355 e. The fraction of sp³-hybridized carbons (Fsp3) is 0.314. The van der Waals surface area contributed by atoms with Gasteiger partial charge in [0.1, 0.15) is 12.4 Å². The number of piperazine rings is 1. The minimum absolute atomic E-state index is 0.0444. The van der Waals surface area contributed by atoms with Crippen molar-refractivity contribution >= 4 is 55.6 Å². The lowest BCUT2D eigenvalue weighted by Crippen LogP contribution is -2.45. The molecule has 0 radical (unpaired) electrons. The normalized spacial score (nSPS) is 16.0. The number of carboxylic acids is 1. The number of nitrogens with zero attached hydrogens (tertiary/aromatic N) is 5. The number of aromatic carboxylic acids is 1. The number of ether oxygens (including phenoxy) is 1. The van der Waals surface area contributed by atoms with E-state index in [-0.39, 0.29) is 36.1 Å². The van der Waals surface area contributed by atoms with Crippen molar-refractivity contribution in [1.82, 2.24) is 19.8 Å². The first-order valence-electron chi connectivity index (χ1n) is 16.0. The summed E-state index contributed by atoms with van der Waals surface area (Å²) >= 11 is 2.62. The Morgan fingerprint density at radius 2 is 1.86 bits per heavy atom. The maximum atomic E-state index is 15.4. The van der Waals surface area contributed by atoms with Crippen LogP contribution in [0.25, 0.3) is 10.2 Å². The van der Waals surface area contributed by atoms with Gasteiger partial charge in [-0.05, 0) is 42.8 Å². The number of likely N-dealkylation sites (N-methyl/N-ethyl adjacent to an activating group) is 1. The van der Waals surface area contributed by atoms with Gasteiger partial charge >= 0.3 is 5.97 Å². The van der Waals surface area contributed by atoms with Crippen LogP contribution in [-0.2, 0) is 19.4 Å². The van der Waals surface area contributed by atoms with Crippen molar-refractivity contribution in [3.63, 3.8) is 0 Å². The highest BCUT2D eigenvalue weighted by Crippen LogP contribution is 2.32. The van der Waals surface area contributed by atoms with E-state index in [0.717, 1.165) is 40.5 Å². The second-order valence-corrected chi connectivity index (χ2v) is 14.2. The number of anilines is 2. The minimum atomic E-state index is -1.14. The zero-order valence-corrected chi connectivity index (χ0v) is 28.3. The number of benzene rings is 3. The zero-order valence-electron chi connectivity index (χ0n) is 26.7. The number of carbonyl (C=O) groups excluding carboxylic acids is 1. The van der Waals surface area contributed by atoms with Gasteiger partial charge < -0.3 is 19.6 Å². The van der Waals surface area contributed by atoms with Gasteiger partial charge in [-0.3, -0.25) is 15.0 Å². The molecule has 10 nitrogen and oxygen atoms in total. The van der Waals surface area contributed by atoms with Gasteiger partial charge in [-0.25, -0.2) is 23.5 Å². The molecule has 1 amide bonds. The number of nitrogens with one attached hydrogen (secondary N) is 1. The summed E-state index contributed by atoms with van der Waals surface area (Å²) in [4.78, 5) is 40.7. The standard InChI is InChI=1S/C35H34F2N6O4S2/c1-41-11-13-42(14-12-41)28-16-26(37)29(17-25(28)36)47-19-22(15-31-32(34(45)46)38-20-48-31)43-10-9-21-5-4-6-23(24(21)18-43)33(44)40-35-39-27-7-2-3-8-30(27)49-35/h2-8,16-17,20,22H,9-15,18-19H2,1H3,(H,45,46)(H,39,40,44). The van der Waals surface area contributed by atoms with Gasteiger partial charge in [0.15, 0.2) is 22.4 Å². The van der Waals surface area contributed by atoms with Crippen molar-refractivity contribution in [2.24, 2.45) is 0 Å². The van der Waals surface area contributed by atoms with E-state index in [9.17, 15) is 14.7 Å². The third kappa shape index (κ3) is 7.13. The lowest BCUT2D eigenvalue weighted by molar-refractivity contribution is 0.0687. The first-order valence-corrected chi connectivity index (χ1v) is 17.7. The van der Waals surface area contributed by atoms with Crippen molar-refractivity contribution in [1.29, 1.82) is 0 Å². The third-order valence-electron chi connectivity index (χ3n) is 9.12. The van der Waals surface area contributed by atoms with E-state index < -0.39 is 23.6 Å². The quantitative estimate of drug-likeness (QED) is 0.187. The summed E-state index contributed by atoms with van der Waals surface area (Å²) in [5.41, 5.74) is 4.84. The highest BCUT2D eigenvalue weighted by molar-refractivity contribution is 7.22. The molecule has 0 aliphatic carbocycles. The molecule has 5 aromatic rings. The summed E-state index contributed by atoms with van der Waals surface area (Å²) < 4.78 is 37.7. The molecule has 3 aromatic carbocycles. The molecule has 0 spiro atoms. The number of aromatic nitrogens is 2. The second kappa shape index (κ2) is 14.2. The summed E-state index contributed by atoms with van der Waals surface area (Å²) in [6.07, 6.45) is 0.885. The lowest BCUT2D eigenvalue weighted by Gasteiger charge is -2.36. The Balaban J connectivity index is 1.13. The Morgan fingerprint density at radius 3 is 2.65 bits per heavy atom. The molecule has 1 saturated heterocycles. The topological polar surface area (TPSA) is 111 Å². The molecule has 49 heavy (non-hydrogen) atoms. The molecule has 1 unspecified atom stereocenters. The van der Waals surface area contributed by atoms with Gasteiger partial charge in [0.25, 0.3) is 5.91 Å². The van der Waals surface area contributed by atoms with Crippen LogP contribution in [0.4, 0.5) is 19.6 Å².